The summed E-state index contributed by atoms with van der Waals surface area (Å²) < 4.78 is 1.90. The second kappa shape index (κ2) is 8.06. The second-order valence-electron chi connectivity index (χ2n) is 6.52. The van der Waals surface area contributed by atoms with Crippen molar-refractivity contribution in [2.75, 3.05) is 13.1 Å². The zero-order valence-corrected chi connectivity index (χ0v) is 14.1. The highest BCUT2D eigenvalue weighted by atomic mass is 16.1. The molecule has 1 amide bonds. The molecule has 1 fully saturated rings. The van der Waals surface area contributed by atoms with Crippen molar-refractivity contribution in [3.05, 3.63) is 42.5 Å². The molecule has 0 aliphatic carbocycles. The van der Waals surface area contributed by atoms with Crippen molar-refractivity contribution >= 4 is 5.91 Å². The van der Waals surface area contributed by atoms with Crippen LogP contribution in [0, 0.1) is 11.8 Å². The summed E-state index contributed by atoms with van der Waals surface area (Å²) in [4.78, 5) is 12.3. The standard InChI is InChI=1S/C18H25N5O/c1-14(15-6-5-9-19-11-15)10-18(24)20-12-17-22-21-13-23(17)16-7-3-2-4-8-16/h2-4,7-8,13-15,19H,5-6,9-12H2,1H3,(H,20,24). The summed E-state index contributed by atoms with van der Waals surface area (Å²) in [5.41, 5.74) is 0.994. The Labute approximate surface area is 142 Å². The van der Waals surface area contributed by atoms with Crippen LogP contribution in [0.5, 0.6) is 0 Å². The van der Waals surface area contributed by atoms with Gasteiger partial charge in [-0.3, -0.25) is 9.36 Å². The summed E-state index contributed by atoms with van der Waals surface area (Å²) in [7, 11) is 0. The average Bonchev–Trinajstić information content (AvgIpc) is 3.10. The Balaban J connectivity index is 1.52. The van der Waals surface area contributed by atoms with E-state index in [4.69, 9.17) is 0 Å². The van der Waals surface area contributed by atoms with E-state index in [0.717, 1.165) is 24.6 Å². The number of carbonyl (C=O) groups is 1. The van der Waals surface area contributed by atoms with E-state index in [2.05, 4.69) is 27.8 Å². The molecule has 1 aliphatic rings. The fraction of sp³-hybridized carbons (Fsp3) is 0.500. The first-order chi connectivity index (χ1) is 11.7. The monoisotopic (exact) mass is 327 g/mol. The number of aromatic nitrogens is 3. The summed E-state index contributed by atoms with van der Waals surface area (Å²) in [6.07, 6.45) is 4.65. The maximum absolute atomic E-state index is 12.3. The quantitative estimate of drug-likeness (QED) is 0.850. The number of hydrogen-bond acceptors (Lipinski definition) is 4. The van der Waals surface area contributed by atoms with Crippen LogP contribution in [0.25, 0.3) is 5.69 Å². The Bertz CT molecular complexity index is 648. The number of nitrogens with one attached hydrogen (secondary N) is 2. The van der Waals surface area contributed by atoms with Crippen LogP contribution in [-0.2, 0) is 11.3 Å². The van der Waals surface area contributed by atoms with E-state index in [-0.39, 0.29) is 5.91 Å². The van der Waals surface area contributed by atoms with E-state index >= 15 is 0 Å². The highest BCUT2D eigenvalue weighted by Crippen LogP contribution is 2.22. The molecule has 2 aromatic rings. The molecule has 6 nitrogen and oxygen atoms in total. The zero-order valence-electron chi connectivity index (χ0n) is 14.1. The van der Waals surface area contributed by atoms with Crippen LogP contribution >= 0.6 is 0 Å². The molecule has 2 N–H and O–H groups in total. The molecule has 1 saturated heterocycles. The molecule has 2 atom stereocenters. The van der Waals surface area contributed by atoms with Crippen molar-refractivity contribution in [2.24, 2.45) is 11.8 Å². The molecule has 6 heteroatoms. The summed E-state index contributed by atoms with van der Waals surface area (Å²) >= 11 is 0. The summed E-state index contributed by atoms with van der Waals surface area (Å²) in [6.45, 7) is 4.69. The predicted molar refractivity (Wildman–Crippen MR) is 92.6 cm³/mol. The van der Waals surface area contributed by atoms with Crippen LogP contribution in [0.4, 0.5) is 0 Å². The Morgan fingerprint density at radius 2 is 2.25 bits per heavy atom. The molecule has 128 valence electrons. The number of amides is 1. The van der Waals surface area contributed by atoms with Gasteiger partial charge in [-0.15, -0.1) is 10.2 Å². The van der Waals surface area contributed by atoms with Gasteiger partial charge in [0.1, 0.15) is 6.33 Å². The fourth-order valence-electron chi connectivity index (χ4n) is 3.26. The Hall–Kier alpha value is -2.21. The average molecular weight is 327 g/mol. The van der Waals surface area contributed by atoms with Gasteiger partial charge in [0.05, 0.1) is 6.54 Å². The van der Waals surface area contributed by atoms with Crippen LogP contribution in [0.15, 0.2) is 36.7 Å². The van der Waals surface area contributed by atoms with Crippen molar-refractivity contribution in [2.45, 2.75) is 32.7 Å². The Morgan fingerprint density at radius 1 is 1.42 bits per heavy atom. The number of benzene rings is 1. The topological polar surface area (TPSA) is 71.8 Å². The molecule has 1 aliphatic heterocycles. The lowest BCUT2D eigenvalue weighted by atomic mass is 9.85. The molecule has 24 heavy (non-hydrogen) atoms. The van der Waals surface area contributed by atoms with Crippen molar-refractivity contribution in [3.63, 3.8) is 0 Å². The summed E-state index contributed by atoms with van der Waals surface area (Å²) in [5, 5.41) is 14.5. The fourth-order valence-corrected chi connectivity index (χ4v) is 3.26. The highest BCUT2D eigenvalue weighted by Gasteiger charge is 2.22. The lowest BCUT2D eigenvalue weighted by Gasteiger charge is -2.28. The molecule has 1 aromatic carbocycles. The second-order valence-corrected chi connectivity index (χ2v) is 6.52. The van der Waals surface area contributed by atoms with E-state index in [1.165, 1.54) is 12.8 Å². The van der Waals surface area contributed by atoms with E-state index in [1.54, 1.807) is 6.33 Å². The van der Waals surface area contributed by atoms with Gasteiger partial charge in [0.25, 0.3) is 0 Å². The SMILES string of the molecule is CC(CC(=O)NCc1nncn1-c1ccccc1)C1CCCNC1. The Morgan fingerprint density at radius 3 is 3.00 bits per heavy atom. The van der Waals surface area contributed by atoms with Gasteiger partial charge >= 0.3 is 0 Å². The molecular weight excluding hydrogens is 302 g/mol. The molecule has 2 heterocycles. The van der Waals surface area contributed by atoms with Crippen LogP contribution in [0.1, 0.15) is 32.0 Å². The first kappa shape index (κ1) is 16.6. The van der Waals surface area contributed by atoms with Crippen molar-refractivity contribution in [1.29, 1.82) is 0 Å². The maximum atomic E-state index is 12.3. The van der Waals surface area contributed by atoms with E-state index < -0.39 is 0 Å². The number of piperidine rings is 1. The normalized spacial score (nSPS) is 19.0. The van der Waals surface area contributed by atoms with Gasteiger partial charge in [-0.25, -0.2) is 0 Å². The van der Waals surface area contributed by atoms with Gasteiger partial charge in [0.2, 0.25) is 5.91 Å². The van der Waals surface area contributed by atoms with Gasteiger partial charge in [-0.05, 0) is 49.9 Å². The summed E-state index contributed by atoms with van der Waals surface area (Å²) in [5.74, 6) is 1.81. The van der Waals surface area contributed by atoms with Crippen molar-refractivity contribution in [1.82, 2.24) is 25.4 Å². The Kier molecular flexibility index (Phi) is 5.59. The number of hydrogen-bond donors (Lipinski definition) is 2. The number of para-hydroxylation sites is 1. The molecular formula is C18H25N5O. The molecule has 0 radical (unpaired) electrons. The van der Waals surface area contributed by atoms with Gasteiger partial charge in [-0.2, -0.15) is 0 Å². The third-order valence-electron chi connectivity index (χ3n) is 4.74. The first-order valence-electron chi connectivity index (χ1n) is 8.66. The lowest BCUT2D eigenvalue weighted by Crippen LogP contribution is -2.35. The molecule has 2 unspecified atom stereocenters. The zero-order chi connectivity index (χ0) is 16.8. The largest absolute Gasteiger partial charge is 0.349 e. The van der Waals surface area contributed by atoms with E-state index in [9.17, 15) is 4.79 Å². The minimum absolute atomic E-state index is 0.0793. The van der Waals surface area contributed by atoms with Crippen molar-refractivity contribution < 1.29 is 4.79 Å². The van der Waals surface area contributed by atoms with E-state index in [1.807, 2.05) is 34.9 Å². The van der Waals surface area contributed by atoms with Crippen LogP contribution < -0.4 is 10.6 Å². The summed E-state index contributed by atoms with van der Waals surface area (Å²) in [6, 6.07) is 9.89. The van der Waals surface area contributed by atoms with Gasteiger partial charge in [0, 0.05) is 12.1 Å². The lowest BCUT2D eigenvalue weighted by molar-refractivity contribution is -0.122. The number of carbonyl (C=O) groups excluding carboxylic acids is 1. The number of nitrogens with zero attached hydrogens (tertiary/aromatic N) is 3. The third-order valence-corrected chi connectivity index (χ3v) is 4.74. The van der Waals surface area contributed by atoms with Crippen LogP contribution in [-0.4, -0.2) is 33.8 Å². The smallest absolute Gasteiger partial charge is 0.220 e. The van der Waals surface area contributed by atoms with Crippen molar-refractivity contribution in [3.8, 4) is 5.69 Å². The molecule has 3 rings (SSSR count). The minimum Gasteiger partial charge on any atom is -0.349 e. The van der Waals surface area contributed by atoms with Gasteiger partial charge < -0.3 is 10.6 Å². The molecule has 0 saturated carbocycles. The maximum Gasteiger partial charge on any atom is 0.220 e. The highest BCUT2D eigenvalue weighted by molar-refractivity contribution is 5.76. The van der Waals surface area contributed by atoms with Crippen LogP contribution in [0.3, 0.4) is 0 Å². The van der Waals surface area contributed by atoms with Gasteiger partial charge in [0.15, 0.2) is 5.82 Å². The number of rotatable bonds is 6. The van der Waals surface area contributed by atoms with E-state index in [0.29, 0.717) is 24.8 Å². The minimum atomic E-state index is 0.0793. The van der Waals surface area contributed by atoms with Crippen LogP contribution in [0.2, 0.25) is 0 Å². The molecule has 0 spiro atoms. The molecule has 1 aromatic heterocycles. The molecule has 0 bridgehead atoms. The van der Waals surface area contributed by atoms with Gasteiger partial charge in [-0.1, -0.05) is 25.1 Å². The third kappa shape index (κ3) is 4.20. The predicted octanol–water partition coefficient (Wildman–Crippen LogP) is 1.91. The first-order valence-corrected chi connectivity index (χ1v) is 8.66.